The van der Waals surface area contributed by atoms with Crippen molar-refractivity contribution < 1.29 is 0 Å². The maximum Gasteiger partial charge on any atom is 0.157 e. The van der Waals surface area contributed by atoms with Crippen LogP contribution in [0.4, 0.5) is 5.82 Å². The Bertz CT molecular complexity index is 463. The number of unbranched alkanes of at least 4 members (excludes halogenated alkanes) is 2. The first-order chi connectivity index (χ1) is 8.29. The first-order valence-electron chi connectivity index (χ1n) is 6.36. The summed E-state index contributed by atoms with van der Waals surface area (Å²) in [5.41, 5.74) is 0.885. The number of hydrogen-bond donors (Lipinski definition) is 1. The van der Waals surface area contributed by atoms with Crippen molar-refractivity contribution in [2.45, 2.75) is 45.6 Å². The van der Waals surface area contributed by atoms with Gasteiger partial charge in [-0.1, -0.05) is 26.2 Å². The second-order valence-electron chi connectivity index (χ2n) is 4.49. The predicted molar refractivity (Wildman–Crippen MR) is 70.2 cm³/mol. The van der Waals surface area contributed by atoms with Gasteiger partial charge in [0.2, 0.25) is 0 Å². The van der Waals surface area contributed by atoms with Gasteiger partial charge in [-0.2, -0.15) is 5.10 Å². The highest BCUT2D eigenvalue weighted by Crippen LogP contribution is 2.10. The van der Waals surface area contributed by atoms with Crippen molar-refractivity contribution in [3.8, 4) is 0 Å². The lowest BCUT2D eigenvalue weighted by atomic mass is 10.1. The van der Waals surface area contributed by atoms with Gasteiger partial charge < -0.3 is 5.32 Å². The van der Waals surface area contributed by atoms with Gasteiger partial charge in [0.1, 0.15) is 5.82 Å². The molecular weight excluding hydrogens is 212 g/mol. The molecule has 1 atom stereocenters. The number of hydrogen-bond acceptors (Lipinski definition) is 3. The van der Waals surface area contributed by atoms with Gasteiger partial charge >= 0.3 is 0 Å². The average molecular weight is 232 g/mol. The van der Waals surface area contributed by atoms with Crippen molar-refractivity contribution in [1.29, 1.82) is 0 Å². The molecule has 0 aliphatic carbocycles. The smallest absolute Gasteiger partial charge is 0.157 e. The summed E-state index contributed by atoms with van der Waals surface area (Å²) in [6.45, 7) is 4.44. The van der Waals surface area contributed by atoms with Crippen LogP contribution in [0.15, 0.2) is 24.5 Å². The van der Waals surface area contributed by atoms with Crippen LogP contribution in [-0.4, -0.2) is 20.6 Å². The predicted octanol–water partition coefficient (Wildman–Crippen LogP) is 3.11. The van der Waals surface area contributed by atoms with Crippen molar-refractivity contribution in [2.24, 2.45) is 0 Å². The lowest BCUT2D eigenvalue weighted by Gasteiger charge is -2.14. The molecule has 2 heterocycles. The number of rotatable bonds is 6. The Labute approximate surface area is 102 Å². The van der Waals surface area contributed by atoms with Gasteiger partial charge in [-0.15, -0.1) is 0 Å². The van der Waals surface area contributed by atoms with E-state index in [1.165, 1.54) is 25.7 Å². The molecule has 2 rings (SSSR count). The molecule has 0 saturated carbocycles. The average Bonchev–Trinajstić information content (AvgIpc) is 2.76. The maximum atomic E-state index is 4.49. The molecule has 1 N–H and O–H groups in total. The number of aromatic nitrogens is 3. The molecule has 0 radical (unpaired) electrons. The Hall–Kier alpha value is -1.58. The maximum absolute atomic E-state index is 4.49. The van der Waals surface area contributed by atoms with E-state index in [-0.39, 0.29) is 0 Å². The van der Waals surface area contributed by atoms with Crippen LogP contribution in [0.1, 0.15) is 39.5 Å². The Kier molecular flexibility index (Phi) is 3.96. The summed E-state index contributed by atoms with van der Waals surface area (Å²) < 4.78 is 1.77. The van der Waals surface area contributed by atoms with Crippen LogP contribution in [0.3, 0.4) is 0 Å². The highest BCUT2D eigenvalue weighted by molar-refractivity contribution is 5.45. The lowest BCUT2D eigenvalue weighted by molar-refractivity contribution is 0.613. The normalized spacial score (nSPS) is 12.8. The van der Waals surface area contributed by atoms with Gasteiger partial charge in [0.05, 0.1) is 6.20 Å². The minimum atomic E-state index is 0.472. The van der Waals surface area contributed by atoms with E-state index in [4.69, 9.17) is 0 Å². The first-order valence-corrected chi connectivity index (χ1v) is 6.36. The fourth-order valence-corrected chi connectivity index (χ4v) is 1.92. The third-order valence-corrected chi connectivity index (χ3v) is 2.89. The fourth-order valence-electron chi connectivity index (χ4n) is 1.92. The Morgan fingerprint density at radius 3 is 3.06 bits per heavy atom. The topological polar surface area (TPSA) is 42.2 Å². The van der Waals surface area contributed by atoms with Crippen LogP contribution in [0.5, 0.6) is 0 Å². The zero-order valence-electron chi connectivity index (χ0n) is 10.6. The number of anilines is 1. The molecule has 0 aliphatic rings. The molecule has 0 amide bonds. The fraction of sp³-hybridized carbons (Fsp3) is 0.538. The molecule has 4 heteroatoms. The quantitative estimate of drug-likeness (QED) is 0.778. The van der Waals surface area contributed by atoms with E-state index >= 15 is 0 Å². The zero-order valence-corrected chi connectivity index (χ0v) is 10.6. The van der Waals surface area contributed by atoms with E-state index in [9.17, 15) is 0 Å². The SMILES string of the molecule is CCCCCC(C)Nc1ccn2nccc2n1. The summed E-state index contributed by atoms with van der Waals surface area (Å²) in [4.78, 5) is 4.49. The highest BCUT2D eigenvalue weighted by atomic mass is 15.2. The molecule has 1 unspecified atom stereocenters. The van der Waals surface area contributed by atoms with Gasteiger partial charge in [0, 0.05) is 18.3 Å². The van der Waals surface area contributed by atoms with Gasteiger partial charge in [-0.25, -0.2) is 9.50 Å². The van der Waals surface area contributed by atoms with Crippen LogP contribution in [0.2, 0.25) is 0 Å². The van der Waals surface area contributed by atoms with Gasteiger partial charge in [-0.3, -0.25) is 0 Å². The summed E-state index contributed by atoms with van der Waals surface area (Å²) in [5, 5.41) is 7.56. The van der Waals surface area contributed by atoms with Crippen LogP contribution in [-0.2, 0) is 0 Å². The van der Waals surface area contributed by atoms with E-state index in [1.807, 2.05) is 18.3 Å². The van der Waals surface area contributed by atoms with Gasteiger partial charge in [0.15, 0.2) is 5.65 Å². The highest BCUT2D eigenvalue weighted by Gasteiger charge is 2.03. The van der Waals surface area contributed by atoms with Crippen LogP contribution >= 0.6 is 0 Å². The molecule has 2 aromatic rings. The van der Waals surface area contributed by atoms with Crippen LogP contribution in [0, 0.1) is 0 Å². The van der Waals surface area contributed by atoms with Gasteiger partial charge in [0.25, 0.3) is 0 Å². The standard InChI is InChI=1S/C13H20N4/c1-3-4-5-6-11(2)15-12-8-10-17-13(16-12)7-9-14-17/h7-11H,3-6H2,1-2H3,(H,15,16). The largest absolute Gasteiger partial charge is 0.368 e. The molecule has 0 aromatic carbocycles. The second kappa shape index (κ2) is 5.66. The van der Waals surface area contributed by atoms with E-state index < -0.39 is 0 Å². The summed E-state index contributed by atoms with van der Waals surface area (Å²) >= 11 is 0. The summed E-state index contributed by atoms with van der Waals surface area (Å²) in [5.74, 6) is 0.932. The number of fused-ring (bicyclic) bond motifs is 1. The zero-order chi connectivity index (χ0) is 12.1. The summed E-state index contributed by atoms with van der Waals surface area (Å²) in [6, 6.07) is 4.35. The molecular formula is C13H20N4. The summed E-state index contributed by atoms with van der Waals surface area (Å²) in [6.07, 6.45) is 8.74. The summed E-state index contributed by atoms with van der Waals surface area (Å²) in [7, 11) is 0. The molecule has 0 saturated heterocycles. The van der Waals surface area contributed by atoms with E-state index in [0.717, 1.165) is 11.5 Å². The number of nitrogens with one attached hydrogen (secondary N) is 1. The molecule has 92 valence electrons. The van der Waals surface area contributed by atoms with Crippen LogP contribution < -0.4 is 5.32 Å². The van der Waals surface area contributed by atoms with Crippen molar-refractivity contribution in [2.75, 3.05) is 5.32 Å². The van der Waals surface area contributed by atoms with Crippen molar-refractivity contribution >= 4 is 11.5 Å². The molecule has 0 fully saturated rings. The van der Waals surface area contributed by atoms with Crippen molar-refractivity contribution in [3.63, 3.8) is 0 Å². The molecule has 2 aromatic heterocycles. The molecule has 17 heavy (non-hydrogen) atoms. The Morgan fingerprint density at radius 1 is 1.35 bits per heavy atom. The third-order valence-electron chi connectivity index (χ3n) is 2.89. The first kappa shape index (κ1) is 11.9. The molecule has 0 aliphatic heterocycles. The van der Waals surface area contributed by atoms with E-state index in [1.54, 1.807) is 10.7 Å². The molecule has 0 bridgehead atoms. The monoisotopic (exact) mass is 232 g/mol. The minimum Gasteiger partial charge on any atom is -0.368 e. The lowest BCUT2D eigenvalue weighted by Crippen LogP contribution is -2.16. The Balaban J connectivity index is 1.93. The van der Waals surface area contributed by atoms with E-state index in [2.05, 4.69) is 29.2 Å². The van der Waals surface area contributed by atoms with Crippen LogP contribution in [0.25, 0.3) is 5.65 Å². The third kappa shape index (κ3) is 3.19. The van der Waals surface area contributed by atoms with Gasteiger partial charge in [-0.05, 0) is 19.4 Å². The Morgan fingerprint density at radius 2 is 2.24 bits per heavy atom. The minimum absolute atomic E-state index is 0.472. The second-order valence-corrected chi connectivity index (χ2v) is 4.49. The molecule has 0 spiro atoms. The molecule has 4 nitrogen and oxygen atoms in total. The van der Waals surface area contributed by atoms with Crippen molar-refractivity contribution in [1.82, 2.24) is 14.6 Å². The van der Waals surface area contributed by atoms with E-state index in [0.29, 0.717) is 6.04 Å². The van der Waals surface area contributed by atoms with Crippen molar-refractivity contribution in [3.05, 3.63) is 24.5 Å². The number of nitrogens with zero attached hydrogens (tertiary/aromatic N) is 3.